The Labute approximate surface area is 147 Å². The fraction of sp³-hybridized carbons (Fsp3) is 0.231. The number of rotatable bonds is 2. The number of carbonyl (C=O) groups is 1. The van der Waals surface area contributed by atoms with Gasteiger partial charge in [0.1, 0.15) is 15.3 Å². The Kier molecular flexibility index (Phi) is 4.95. The lowest BCUT2D eigenvalue weighted by molar-refractivity contribution is -0.117. The van der Waals surface area contributed by atoms with Crippen LogP contribution in [0.5, 0.6) is 0 Å². The minimum Gasteiger partial charge on any atom is -0.291 e. The average Bonchev–Trinajstić information content (AvgIpc) is 2.49. The molecule has 0 radical (unpaired) electrons. The molecule has 1 aromatic rings. The maximum atomic E-state index is 12.3. The largest absolute Gasteiger partial charge is 0.291 e. The number of carbonyl (C=O) groups excluding carboxylic acids is 1. The quantitative estimate of drug-likeness (QED) is 0.711. The van der Waals surface area contributed by atoms with E-state index in [-0.39, 0.29) is 15.6 Å². The molecule has 0 amide bonds. The first-order valence-corrected chi connectivity index (χ1v) is 8.93. The van der Waals surface area contributed by atoms with Gasteiger partial charge in [0.15, 0.2) is 5.78 Å². The fourth-order valence-electron chi connectivity index (χ4n) is 1.77. The van der Waals surface area contributed by atoms with E-state index in [4.69, 9.17) is 46.4 Å². The van der Waals surface area contributed by atoms with Crippen LogP contribution < -0.4 is 0 Å². The zero-order chi connectivity index (χ0) is 16.7. The second kappa shape index (κ2) is 6.13. The number of benzene rings is 1. The lowest BCUT2D eigenvalue weighted by atomic mass is 9.91. The summed E-state index contributed by atoms with van der Waals surface area (Å²) >= 11 is 23.9. The molecule has 1 aliphatic carbocycles. The third-order valence-electron chi connectivity index (χ3n) is 3.04. The Morgan fingerprint density at radius 2 is 1.68 bits per heavy atom. The third kappa shape index (κ3) is 3.05. The van der Waals surface area contributed by atoms with Crippen LogP contribution in [0.3, 0.4) is 0 Å². The predicted molar refractivity (Wildman–Crippen MR) is 88.7 cm³/mol. The molecule has 4 nitrogen and oxygen atoms in total. The lowest BCUT2D eigenvalue weighted by Gasteiger charge is -2.31. The molecule has 0 aromatic heterocycles. The third-order valence-corrected chi connectivity index (χ3v) is 6.33. The highest BCUT2D eigenvalue weighted by Crippen LogP contribution is 2.39. The van der Waals surface area contributed by atoms with E-state index in [0.717, 1.165) is 0 Å². The first kappa shape index (κ1) is 17.8. The molecule has 0 saturated carbocycles. The van der Waals surface area contributed by atoms with Crippen molar-refractivity contribution < 1.29 is 13.2 Å². The molecule has 2 atom stereocenters. The fourth-order valence-corrected chi connectivity index (χ4v) is 4.03. The number of ketones is 1. The van der Waals surface area contributed by atoms with Gasteiger partial charge in [-0.15, -0.1) is 23.2 Å². The SMILES string of the molecule is C[C@@]1(Cl)C(=O)C(Cl)=C(Cl)C(=NS(=O)(=O)c2ccccc2)[C@@H]1Cl. The smallest absolute Gasteiger partial charge is 0.282 e. The molecular formula is C13H9Cl4NO3S. The summed E-state index contributed by atoms with van der Waals surface area (Å²) in [6.07, 6.45) is 0. The minimum absolute atomic E-state index is 0.0415. The summed E-state index contributed by atoms with van der Waals surface area (Å²) in [5.74, 6) is -0.683. The van der Waals surface area contributed by atoms with Gasteiger partial charge in [0.05, 0.1) is 15.6 Å². The Morgan fingerprint density at radius 1 is 1.14 bits per heavy atom. The molecule has 0 fully saturated rings. The summed E-state index contributed by atoms with van der Waals surface area (Å²) in [5, 5.41) is -1.95. The molecule has 0 saturated heterocycles. The first-order valence-electron chi connectivity index (χ1n) is 5.92. The molecule has 118 valence electrons. The van der Waals surface area contributed by atoms with Crippen molar-refractivity contribution in [2.75, 3.05) is 0 Å². The molecule has 0 unspecified atom stereocenters. The second-order valence-electron chi connectivity index (χ2n) is 4.66. The summed E-state index contributed by atoms with van der Waals surface area (Å²) in [6, 6.07) is 7.50. The van der Waals surface area contributed by atoms with Gasteiger partial charge in [0.2, 0.25) is 0 Å². The van der Waals surface area contributed by atoms with Crippen molar-refractivity contribution in [3.05, 3.63) is 40.4 Å². The average molecular weight is 401 g/mol. The van der Waals surface area contributed by atoms with Crippen molar-refractivity contribution in [1.29, 1.82) is 0 Å². The van der Waals surface area contributed by atoms with Crippen LogP contribution in [0.1, 0.15) is 6.92 Å². The van der Waals surface area contributed by atoms with E-state index in [2.05, 4.69) is 4.40 Å². The van der Waals surface area contributed by atoms with Crippen LogP contribution in [0, 0.1) is 0 Å². The molecule has 1 aliphatic rings. The van der Waals surface area contributed by atoms with Gasteiger partial charge < -0.3 is 0 Å². The Morgan fingerprint density at radius 3 is 2.23 bits per heavy atom. The molecule has 9 heteroatoms. The lowest BCUT2D eigenvalue weighted by Crippen LogP contribution is -2.47. The summed E-state index contributed by atoms with van der Waals surface area (Å²) in [4.78, 5) is 10.3. The maximum Gasteiger partial charge on any atom is 0.282 e. The molecule has 0 aliphatic heterocycles. The van der Waals surface area contributed by atoms with Gasteiger partial charge in [-0.1, -0.05) is 41.4 Å². The van der Waals surface area contributed by atoms with E-state index in [0.29, 0.717) is 0 Å². The zero-order valence-electron chi connectivity index (χ0n) is 11.1. The summed E-state index contributed by atoms with van der Waals surface area (Å²) in [5.41, 5.74) is -0.255. The van der Waals surface area contributed by atoms with Gasteiger partial charge in [-0.2, -0.15) is 12.8 Å². The van der Waals surface area contributed by atoms with Gasteiger partial charge in [-0.05, 0) is 19.1 Å². The van der Waals surface area contributed by atoms with Crippen molar-refractivity contribution in [1.82, 2.24) is 0 Å². The molecule has 22 heavy (non-hydrogen) atoms. The van der Waals surface area contributed by atoms with Gasteiger partial charge in [-0.25, -0.2) is 0 Å². The molecule has 0 spiro atoms. The highest BCUT2D eigenvalue weighted by atomic mass is 35.5. The number of alkyl halides is 2. The van der Waals surface area contributed by atoms with E-state index in [1.807, 2.05) is 0 Å². The van der Waals surface area contributed by atoms with Crippen LogP contribution in [0.15, 0.2) is 49.7 Å². The van der Waals surface area contributed by atoms with Crippen molar-refractivity contribution in [3.8, 4) is 0 Å². The summed E-state index contributed by atoms with van der Waals surface area (Å²) in [6.45, 7) is 1.32. The highest BCUT2D eigenvalue weighted by Gasteiger charge is 2.49. The van der Waals surface area contributed by atoms with E-state index >= 15 is 0 Å². The first-order chi connectivity index (χ1) is 10.1. The van der Waals surface area contributed by atoms with Crippen molar-refractivity contribution in [2.24, 2.45) is 4.40 Å². The number of hydrogen-bond donors (Lipinski definition) is 0. The zero-order valence-corrected chi connectivity index (χ0v) is 14.9. The van der Waals surface area contributed by atoms with E-state index in [1.54, 1.807) is 18.2 Å². The second-order valence-corrected chi connectivity index (χ2v) is 8.24. The number of allylic oxidation sites excluding steroid dienone is 2. The van der Waals surface area contributed by atoms with Crippen LogP contribution in [-0.4, -0.2) is 30.2 Å². The topological polar surface area (TPSA) is 63.6 Å². The van der Waals surface area contributed by atoms with Crippen molar-refractivity contribution >= 4 is 67.9 Å². The monoisotopic (exact) mass is 399 g/mol. The Hall–Kier alpha value is -0.590. The molecule has 2 rings (SSSR count). The number of sulfonamides is 1. The number of halogens is 4. The van der Waals surface area contributed by atoms with Gasteiger partial charge >= 0.3 is 0 Å². The van der Waals surface area contributed by atoms with Gasteiger partial charge in [-0.3, -0.25) is 4.79 Å². The summed E-state index contributed by atoms with van der Waals surface area (Å²) < 4.78 is 28.2. The Bertz CT molecular complexity index is 785. The predicted octanol–water partition coefficient (Wildman–Crippen LogP) is 3.69. The van der Waals surface area contributed by atoms with Crippen molar-refractivity contribution in [3.63, 3.8) is 0 Å². The van der Waals surface area contributed by atoms with E-state index in [9.17, 15) is 13.2 Å². The highest BCUT2D eigenvalue weighted by molar-refractivity contribution is 7.90. The van der Waals surface area contributed by atoms with E-state index in [1.165, 1.54) is 19.1 Å². The van der Waals surface area contributed by atoms with Crippen LogP contribution in [0.25, 0.3) is 0 Å². The number of Topliss-reactive ketones (excluding diaryl/α,β-unsaturated/α-hetero) is 1. The molecule has 1 aromatic carbocycles. The standard InChI is InChI=1S/C13H9Cl4NO3S/c1-13(17)11(16)10(8(14)9(15)12(13)19)18-22(20,21)7-5-3-2-4-6-7/h2-6,11H,1H3/t11-,13-/m0/s1. The number of nitrogens with zero attached hydrogens (tertiary/aromatic N) is 1. The molecule has 0 heterocycles. The summed E-state index contributed by atoms with van der Waals surface area (Å²) in [7, 11) is -4.06. The molecule has 0 N–H and O–H groups in total. The van der Waals surface area contributed by atoms with Crippen LogP contribution >= 0.6 is 46.4 Å². The molecule has 0 bridgehead atoms. The van der Waals surface area contributed by atoms with E-state index < -0.39 is 31.1 Å². The van der Waals surface area contributed by atoms with Gasteiger partial charge in [0, 0.05) is 0 Å². The normalized spacial score (nSPS) is 28.3. The van der Waals surface area contributed by atoms with Crippen molar-refractivity contribution in [2.45, 2.75) is 22.1 Å². The van der Waals surface area contributed by atoms with Crippen LogP contribution in [0.4, 0.5) is 0 Å². The molecular weight excluding hydrogens is 392 g/mol. The van der Waals surface area contributed by atoms with Crippen LogP contribution in [0.2, 0.25) is 0 Å². The number of hydrogen-bond acceptors (Lipinski definition) is 3. The Balaban J connectivity index is 2.63. The minimum atomic E-state index is -4.06. The maximum absolute atomic E-state index is 12.3. The van der Waals surface area contributed by atoms with Crippen LogP contribution in [-0.2, 0) is 14.8 Å². The van der Waals surface area contributed by atoms with Gasteiger partial charge in [0.25, 0.3) is 10.0 Å².